The van der Waals surface area contributed by atoms with Crippen LogP contribution in [0.15, 0.2) is 0 Å². The lowest BCUT2D eigenvalue weighted by atomic mass is 10.0. The third-order valence-electron chi connectivity index (χ3n) is 3.45. The summed E-state index contributed by atoms with van der Waals surface area (Å²) in [6, 6.07) is 0.556. The van der Waals surface area contributed by atoms with Gasteiger partial charge < -0.3 is 16.0 Å². The lowest BCUT2D eigenvalue weighted by Gasteiger charge is -2.16. The summed E-state index contributed by atoms with van der Waals surface area (Å²) in [4.78, 5) is 22.5. The molecular weight excluding hydrogens is 250 g/mol. The van der Waals surface area contributed by atoms with Crippen molar-refractivity contribution in [2.75, 3.05) is 12.3 Å². The number of hydrogen-bond donors (Lipinski definition) is 3. The third kappa shape index (κ3) is 3.31. The quantitative estimate of drug-likeness (QED) is 0.495. The van der Waals surface area contributed by atoms with Gasteiger partial charge in [-0.3, -0.25) is 4.79 Å². The molecule has 2 fully saturated rings. The molecule has 6 heteroatoms. The highest BCUT2D eigenvalue weighted by Crippen LogP contribution is 2.33. The first-order chi connectivity index (χ1) is 8.70. The first kappa shape index (κ1) is 13.5. The summed E-state index contributed by atoms with van der Waals surface area (Å²) < 4.78 is 0. The van der Waals surface area contributed by atoms with Gasteiger partial charge in [-0.05, 0) is 19.8 Å². The van der Waals surface area contributed by atoms with E-state index in [0.717, 1.165) is 25.0 Å². The first-order valence-corrected chi connectivity index (χ1v) is 7.71. The molecule has 2 aliphatic heterocycles. The number of rotatable bonds is 6. The van der Waals surface area contributed by atoms with E-state index in [1.807, 2.05) is 18.7 Å². The highest BCUT2D eigenvalue weighted by atomic mass is 32.2. The second kappa shape index (κ2) is 6.31. The van der Waals surface area contributed by atoms with Gasteiger partial charge in [0.25, 0.3) is 0 Å². The maximum absolute atomic E-state index is 11.3. The van der Waals surface area contributed by atoms with Crippen LogP contribution in [0, 0.1) is 0 Å². The van der Waals surface area contributed by atoms with Gasteiger partial charge >= 0.3 is 6.03 Å². The molecule has 2 unspecified atom stereocenters. The Morgan fingerprint density at radius 2 is 2.28 bits per heavy atom. The summed E-state index contributed by atoms with van der Waals surface area (Å²) in [5, 5.41) is 9.23. The maximum Gasteiger partial charge on any atom is 0.315 e. The van der Waals surface area contributed by atoms with Crippen molar-refractivity contribution in [2.24, 2.45) is 0 Å². The number of carbonyl (C=O) groups excluding carboxylic acids is 2. The van der Waals surface area contributed by atoms with Crippen LogP contribution in [0.25, 0.3) is 0 Å². The predicted molar refractivity (Wildman–Crippen MR) is 72.6 cm³/mol. The molecule has 3 atom stereocenters. The van der Waals surface area contributed by atoms with Gasteiger partial charge in [0.05, 0.1) is 12.1 Å². The number of amides is 3. The van der Waals surface area contributed by atoms with E-state index in [0.29, 0.717) is 24.3 Å². The zero-order valence-electron chi connectivity index (χ0n) is 10.7. The minimum Gasteiger partial charge on any atom is -0.356 e. The Bertz CT molecular complexity index is 324. The predicted octanol–water partition coefficient (Wildman–Crippen LogP) is 0.848. The molecule has 0 aromatic carbocycles. The van der Waals surface area contributed by atoms with Crippen molar-refractivity contribution in [3.63, 3.8) is 0 Å². The van der Waals surface area contributed by atoms with E-state index in [1.54, 1.807) is 0 Å². The van der Waals surface area contributed by atoms with E-state index >= 15 is 0 Å². The van der Waals surface area contributed by atoms with Gasteiger partial charge in [-0.1, -0.05) is 6.42 Å². The van der Waals surface area contributed by atoms with Crippen LogP contribution in [0.1, 0.15) is 32.6 Å². The van der Waals surface area contributed by atoms with Crippen LogP contribution in [-0.4, -0.2) is 41.6 Å². The molecule has 0 saturated carbocycles. The van der Waals surface area contributed by atoms with Gasteiger partial charge in [0, 0.05) is 24.0 Å². The Morgan fingerprint density at radius 3 is 3.06 bits per heavy atom. The molecule has 0 aliphatic carbocycles. The summed E-state index contributed by atoms with van der Waals surface area (Å²) in [6.45, 7) is 2.64. The van der Waals surface area contributed by atoms with Gasteiger partial charge in [-0.2, -0.15) is 11.8 Å². The van der Waals surface area contributed by atoms with E-state index in [4.69, 9.17) is 0 Å². The molecule has 18 heavy (non-hydrogen) atoms. The highest BCUT2D eigenvalue weighted by molar-refractivity contribution is 8.00. The Kier molecular flexibility index (Phi) is 4.74. The monoisotopic (exact) mass is 271 g/mol. The maximum atomic E-state index is 11.3. The molecule has 0 spiro atoms. The van der Waals surface area contributed by atoms with Crippen LogP contribution in [0.5, 0.6) is 0 Å². The molecule has 0 radical (unpaired) electrons. The van der Waals surface area contributed by atoms with Crippen molar-refractivity contribution in [1.82, 2.24) is 16.0 Å². The molecule has 2 heterocycles. The fourth-order valence-electron chi connectivity index (χ4n) is 2.56. The Morgan fingerprint density at radius 1 is 1.44 bits per heavy atom. The number of hydrogen-bond acceptors (Lipinski definition) is 3. The normalized spacial score (nSPS) is 29.6. The second-order valence-corrected chi connectivity index (χ2v) is 6.09. The number of nitrogens with one attached hydrogen (secondary N) is 3. The lowest BCUT2D eigenvalue weighted by molar-refractivity contribution is -0.121. The van der Waals surface area contributed by atoms with E-state index in [1.165, 1.54) is 0 Å². The molecule has 3 N–H and O–H groups in total. The van der Waals surface area contributed by atoms with E-state index in [-0.39, 0.29) is 18.0 Å². The lowest BCUT2D eigenvalue weighted by Crippen LogP contribution is -2.36. The smallest absolute Gasteiger partial charge is 0.315 e. The van der Waals surface area contributed by atoms with Gasteiger partial charge in [0.15, 0.2) is 0 Å². The van der Waals surface area contributed by atoms with Crippen molar-refractivity contribution in [1.29, 1.82) is 0 Å². The van der Waals surface area contributed by atoms with Crippen molar-refractivity contribution in [2.45, 2.75) is 49.9 Å². The highest BCUT2D eigenvalue weighted by Gasteiger charge is 2.42. The molecule has 0 bridgehead atoms. The van der Waals surface area contributed by atoms with Crippen molar-refractivity contribution in [3.05, 3.63) is 0 Å². The number of thioether (sulfide) groups is 1. The Labute approximate surface area is 112 Å². The number of unbranched alkanes of at least 4 members (excludes halogenated alkanes) is 1. The summed E-state index contributed by atoms with van der Waals surface area (Å²) in [5.74, 6) is 1.15. The number of fused-ring (bicyclic) bond motifs is 1. The van der Waals surface area contributed by atoms with E-state index < -0.39 is 0 Å². The zero-order chi connectivity index (χ0) is 13.0. The zero-order valence-corrected chi connectivity index (χ0v) is 11.5. The third-order valence-corrected chi connectivity index (χ3v) is 4.96. The molecule has 2 aliphatic rings. The molecule has 2 saturated heterocycles. The minimum absolute atomic E-state index is 0.0300. The first-order valence-electron chi connectivity index (χ1n) is 6.66. The van der Waals surface area contributed by atoms with E-state index in [9.17, 15) is 9.59 Å². The van der Waals surface area contributed by atoms with Crippen molar-refractivity contribution < 1.29 is 9.59 Å². The Balaban J connectivity index is 1.62. The van der Waals surface area contributed by atoms with Gasteiger partial charge in [-0.15, -0.1) is 0 Å². The molecule has 102 valence electrons. The minimum atomic E-state index is -0.0300. The molecule has 2 rings (SSSR count). The largest absolute Gasteiger partial charge is 0.356 e. The van der Waals surface area contributed by atoms with Crippen molar-refractivity contribution >= 4 is 23.7 Å². The summed E-state index contributed by atoms with van der Waals surface area (Å²) in [5.41, 5.74) is 0. The summed E-state index contributed by atoms with van der Waals surface area (Å²) >= 11 is 1.93. The number of carbonyl (C=O) groups is 2. The molecule has 5 nitrogen and oxygen atoms in total. The second-order valence-electron chi connectivity index (χ2n) is 4.82. The summed E-state index contributed by atoms with van der Waals surface area (Å²) in [6.07, 6.45) is 3.67. The van der Waals surface area contributed by atoms with Crippen LogP contribution in [0.4, 0.5) is 4.79 Å². The van der Waals surface area contributed by atoms with Crippen LogP contribution in [-0.2, 0) is 4.79 Å². The van der Waals surface area contributed by atoms with Gasteiger partial charge in [0.1, 0.15) is 0 Å². The summed E-state index contributed by atoms with van der Waals surface area (Å²) in [7, 11) is 0. The number of urea groups is 1. The van der Waals surface area contributed by atoms with Crippen LogP contribution >= 0.6 is 11.8 Å². The average Bonchev–Trinajstić information content (AvgIpc) is 2.85. The molecule has 3 amide bonds. The molecular formula is C12H21N3O2S. The molecule has 0 aromatic heterocycles. The average molecular weight is 271 g/mol. The Hall–Kier alpha value is -0.910. The molecule has 0 aromatic rings. The van der Waals surface area contributed by atoms with E-state index in [2.05, 4.69) is 16.0 Å². The fraction of sp³-hybridized carbons (Fsp3) is 0.833. The fourth-order valence-corrected chi connectivity index (χ4v) is 4.10. The standard InChI is InChI=1S/C12H21N3O2S/c1-2-13-10(16)6-4-3-5-9-11-8(7-18-9)14-12(17)15-11/h8-9,11H,2-7H2,1H3,(H,13,16)(H2,14,15,17)/t8?,9-,11?/m0/s1. The van der Waals surface area contributed by atoms with Crippen LogP contribution < -0.4 is 16.0 Å². The topological polar surface area (TPSA) is 70.2 Å². The van der Waals surface area contributed by atoms with Crippen LogP contribution in [0.2, 0.25) is 0 Å². The van der Waals surface area contributed by atoms with Gasteiger partial charge in [0.2, 0.25) is 5.91 Å². The van der Waals surface area contributed by atoms with Gasteiger partial charge in [-0.25, -0.2) is 4.79 Å². The van der Waals surface area contributed by atoms with Crippen LogP contribution in [0.3, 0.4) is 0 Å². The van der Waals surface area contributed by atoms with Crippen molar-refractivity contribution in [3.8, 4) is 0 Å². The SMILES string of the molecule is CCNC(=O)CCCC[C@@H]1SCC2NC(=O)NC21.